The third kappa shape index (κ3) is 2.98. The van der Waals surface area contributed by atoms with Crippen molar-refractivity contribution in [3.63, 3.8) is 0 Å². The second-order valence-corrected chi connectivity index (χ2v) is 2.67. The predicted octanol–water partition coefficient (Wildman–Crippen LogP) is 0.472. The molecule has 0 aliphatic heterocycles. The Morgan fingerprint density at radius 3 is 3.00 bits per heavy atom. The van der Waals surface area contributed by atoms with Gasteiger partial charge in [0.15, 0.2) is 0 Å². The largest absolute Gasteiger partial charge is 0.395 e. The lowest BCUT2D eigenvalue weighted by Gasteiger charge is -2.02. The van der Waals surface area contributed by atoms with Crippen LogP contribution in [0.3, 0.4) is 0 Å². The van der Waals surface area contributed by atoms with Gasteiger partial charge in [-0.15, -0.1) is 0 Å². The molecule has 0 saturated carbocycles. The summed E-state index contributed by atoms with van der Waals surface area (Å²) in [7, 11) is 0. The van der Waals surface area contributed by atoms with Crippen LogP contribution in [0.2, 0.25) is 0 Å². The molecule has 2 N–H and O–H groups in total. The van der Waals surface area contributed by atoms with Crippen molar-refractivity contribution in [3.05, 3.63) is 29.6 Å². The van der Waals surface area contributed by atoms with Gasteiger partial charge in [0.05, 0.1) is 12.3 Å². The summed E-state index contributed by atoms with van der Waals surface area (Å²) in [6.07, 6.45) is 0. The van der Waals surface area contributed by atoms with Crippen molar-refractivity contribution in [2.24, 2.45) is 0 Å². The first-order valence-electron chi connectivity index (χ1n) is 4.07. The predicted molar refractivity (Wildman–Crippen MR) is 47.8 cm³/mol. The van der Waals surface area contributed by atoms with E-state index in [-0.39, 0.29) is 6.61 Å². The topological polar surface area (TPSA) is 45.1 Å². The van der Waals surface area contributed by atoms with Gasteiger partial charge in [-0.1, -0.05) is 6.07 Å². The number of hydrogen-bond donors (Lipinski definition) is 2. The molecule has 0 fully saturated rings. The van der Waals surface area contributed by atoms with Crippen LogP contribution in [0.25, 0.3) is 0 Å². The number of aromatic nitrogens is 1. The van der Waals surface area contributed by atoms with E-state index in [9.17, 15) is 0 Å². The first-order chi connectivity index (χ1) is 5.83. The van der Waals surface area contributed by atoms with E-state index in [4.69, 9.17) is 5.11 Å². The van der Waals surface area contributed by atoms with Crippen LogP contribution < -0.4 is 5.32 Å². The molecule has 1 heterocycles. The van der Waals surface area contributed by atoms with E-state index in [0.29, 0.717) is 6.54 Å². The summed E-state index contributed by atoms with van der Waals surface area (Å²) in [6, 6.07) is 5.92. The zero-order valence-electron chi connectivity index (χ0n) is 7.25. The maximum absolute atomic E-state index is 8.52. The van der Waals surface area contributed by atoms with Crippen LogP contribution in [0.15, 0.2) is 18.2 Å². The number of nitrogens with one attached hydrogen (secondary N) is 1. The summed E-state index contributed by atoms with van der Waals surface area (Å²) in [4.78, 5) is 4.30. The molecule has 0 saturated heterocycles. The van der Waals surface area contributed by atoms with Crippen molar-refractivity contribution >= 4 is 0 Å². The molecular formula is C9H14N2O. The minimum Gasteiger partial charge on any atom is -0.395 e. The molecule has 66 valence electrons. The molecule has 0 atom stereocenters. The van der Waals surface area contributed by atoms with Crippen molar-refractivity contribution in [1.29, 1.82) is 0 Å². The third-order valence-electron chi connectivity index (χ3n) is 1.54. The number of rotatable bonds is 4. The van der Waals surface area contributed by atoms with Gasteiger partial charge in [-0.3, -0.25) is 4.98 Å². The fourth-order valence-corrected chi connectivity index (χ4v) is 0.993. The lowest BCUT2D eigenvalue weighted by Crippen LogP contribution is -2.18. The van der Waals surface area contributed by atoms with Crippen LogP contribution in [0, 0.1) is 6.92 Å². The lowest BCUT2D eigenvalue weighted by molar-refractivity contribution is 0.291. The average molecular weight is 166 g/mol. The van der Waals surface area contributed by atoms with Gasteiger partial charge in [0.1, 0.15) is 0 Å². The van der Waals surface area contributed by atoms with Gasteiger partial charge in [-0.2, -0.15) is 0 Å². The number of aliphatic hydroxyl groups excluding tert-OH is 1. The number of aliphatic hydroxyl groups is 1. The van der Waals surface area contributed by atoms with Crippen LogP contribution in [-0.2, 0) is 6.54 Å². The van der Waals surface area contributed by atoms with E-state index >= 15 is 0 Å². The molecule has 0 radical (unpaired) electrons. The van der Waals surface area contributed by atoms with Gasteiger partial charge in [-0.05, 0) is 19.1 Å². The summed E-state index contributed by atoms with van der Waals surface area (Å²) in [5.41, 5.74) is 2.04. The Morgan fingerprint density at radius 1 is 1.50 bits per heavy atom. The van der Waals surface area contributed by atoms with Crippen LogP contribution in [0.5, 0.6) is 0 Å². The summed E-state index contributed by atoms with van der Waals surface area (Å²) in [5, 5.41) is 11.6. The summed E-state index contributed by atoms with van der Waals surface area (Å²) in [6.45, 7) is 3.49. The Balaban J connectivity index is 2.41. The van der Waals surface area contributed by atoms with Gasteiger partial charge in [0.25, 0.3) is 0 Å². The van der Waals surface area contributed by atoms with Crippen molar-refractivity contribution in [1.82, 2.24) is 10.3 Å². The van der Waals surface area contributed by atoms with Crippen molar-refractivity contribution in [2.75, 3.05) is 13.2 Å². The minimum absolute atomic E-state index is 0.172. The molecule has 3 heteroatoms. The van der Waals surface area contributed by atoms with E-state index in [1.807, 2.05) is 25.1 Å². The normalized spacial score (nSPS) is 10.2. The van der Waals surface area contributed by atoms with Crippen LogP contribution >= 0.6 is 0 Å². The monoisotopic (exact) mass is 166 g/mol. The Labute approximate surface area is 72.5 Å². The molecule has 0 amide bonds. The van der Waals surface area contributed by atoms with Crippen LogP contribution in [-0.4, -0.2) is 23.2 Å². The highest BCUT2D eigenvalue weighted by atomic mass is 16.3. The Bertz CT molecular complexity index is 238. The maximum atomic E-state index is 8.52. The van der Waals surface area contributed by atoms with E-state index in [2.05, 4.69) is 10.3 Å². The highest BCUT2D eigenvalue weighted by Crippen LogP contribution is 1.96. The van der Waals surface area contributed by atoms with Crippen molar-refractivity contribution in [2.45, 2.75) is 13.5 Å². The van der Waals surface area contributed by atoms with Crippen LogP contribution in [0.1, 0.15) is 11.4 Å². The second kappa shape index (κ2) is 4.85. The molecule has 0 bridgehead atoms. The number of nitrogens with zero attached hydrogens (tertiary/aromatic N) is 1. The minimum atomic E-state index is 0.172. The Kier molecular flexibility index (Phi) is 3.70. The first-order valence-corrected chi connectivity index (χ1v) is 4.07. The fraction of sp³-hybridized carbons (Fsp3) is 0.444. The number of aryl methyl sites for hydroxylation is 1. The second-order valence-electron chi connectivity index (χ2n) is 2.67. The maximum Gasteiger partial charge on any atom is 0.0556 e. The van der Waals surface area contributed by atoms with E-state index < -0.39 is 0 Å². The molecule has 12 heavy (non-hydrogen) atoms. The Morgan fingerprint density at radius 2 is 2.33 bits per heavy atom. The summed E-state index contributed by atoms with van der Waals surface area (Å²) < 4.78 is 0. The lowest BCUT2D eigenvalue weighted by atomic mass is 10.3. The molecule has 1 rings (SSSR count). The molecule has 3 nitrogen and oxygen atoms in total. The molecule has 0 spiro atoms. The van der Waals surface area contributed by atoms with Crippen molar-refractivity contribution < 1.29 is 5.11 Å². The smallest absolute Gasteiger partial charge is 0.0556 e. The molecule has 1 aromatic heterocycles. The van der Waals surface area contributed by atoms with Gasteiger partial charge < -0.3 is 10.4 Å². The third-order valence-corrected chi connectivity index (χ3v) is 1.54. The zero-order valence-corrected chi connectivity index (χ0v) is 7.25. The highest BCUT2D eigenvalue weighted by Gasteiger charge is 1.92. The first kappa shape index (κ1) is 9.16. The van der Waals surface area contributed by atoms with Gasteiger partial charge in [0, 0.05) is 18.8 Å². The molecule has 0 unspecified atom stereocenters. The van der Waals surface area contributed by atoms with Crippen LogP contribution in [0.4, 0.5) is 0 Å². The quantitative estimate of drug-likeness (QED) is 0.639. The van der Waals surface area contributed by atoms with E-state index in [0.717, 1.165) is 17.9 Å². The summed E-state index contributed by atoms with van der Waals surface area (Å²) in [5.74, 6) is 0. The Hall–Kier alpha value is -0.930. The van der Waals surface area contributed by atoms with Crippen molar-refractivity contribution in [3.8, 4) is 0 Å². The van der Waals surface area contributed by atoms with E-state index in [1.165, 1.54) is 0 Å². The van der Waals surface area contributed by atoms with Gasteiger partial charge >= 0.3 is 0 Å². The number of pyridine rings is 1. The van der Waals surface area contributed by atoms with Gasteiger partial charge in [0.2, 0.25) is 0 Å². The average Bonchev–Trinajstić information content (AvgIpc) is 2.05. The molecule has 0 aliphatic carbocycles. The van der Waals surface area contributed by atoms with E-state index in [1.54, 1.807) is 0 Å². The zero-order chi connectivity index (χ0) is 8.81. The van der Waals surface area contributed by atoms with Gasteiger partial charge in [-0.25, -0.2) is 0 Å². The fourth-order valence-electron chi connectivity index (χ4n) is 0.993. The standard InChI is InChI=1S/C9H14N2O/c1-8-3-2-4-9(11-8)7-10-5-6-12/h2-4,10,12H,5-7H2,1H3. The SMILES string of the molecule is Cc1cccc(CNCCO)n1. The highest BCUT2D eigenvalue weighted by molar-refractivity contribution is 5.09. The molecule has 1 aromatic rings. The number of hydrogen-bond acceptors (Lipinski definition) is 3. The molecular weight excluding hydrogens is 152 g/mol. The molecule has 0 aromatic carbocycles. The summed E-state index contributed by atoms with van der Waals surface area (Å²) >= 11 is 0. The molecule has 0 aliphatic rings.